The number of thioether (sulfide) groups is 1. The number of urea groups is 1. The minimum atomic E-state index is -0.211. The summed E-state index contributed by atoms with van der Waals surface area (Å²) >= 11 is 1.65. The average Bonchev–Trinajstić information content (AvgIpc) is 2.49. The first-order valence-electron chi connectivity index (χ1n) is 7.03. The molecule has 3 nitrogen and oxygen atoms in total. The van der Waals surface area contributed by atoms with E-state index in [0.717, 1.165) is 34.7 Å². The van der Waals surface area contributed by atoms with Crippen LogP contribution < -0.4 is 10.6 Å². The first kappa shape index (κ1) is 15.4. The molecule has 0 aliphatic carbocycles. The van der Waals surface area contributed by atoms with Gasteiger partial charge >= 0.3 is 6.03 Å². The lowest BCUT2D eigenvalue weighted by molar-refractivity contribution is 0.262. The summed E-state index contributed by atoms with van der Waals surface area (Å²) in [7, 11) is 0. The molecule has 0 bridgehead atoms. The molecular weight excluding hydrogens is 280 g/mol. The number of benzene rings is 2. The normalized spacial score (nSPS) is 10.2. The lowest BCUT2D eigenvalue weighted by atomic mass is 10.1. The Morgan fingerprint density at radius 2 is 1.90 bits per heavy atom. The molecular formula is C17H20N2OS. The number of para-hydroxylation sites is 1. The highest BCUT2D eigenvalue weighted by Gasteiger charge is 2.06. The van der Waals surface area contributed by atoms with Gasteiger partial charge in [-0.1, -0.05) is 37.6 Å². The fourth-order valence-corrected chi connectivity index (χ4v) is 2.57. The molecule has 0 spiro atoms. The summed E-state index contributed by atoms with van der Waals surface area (Å²) in [4.78, 5) is 13.2. The van der Waals surface area contributed by atoms with Gasteiger partial charge in [-0.25, -0.2) is 4.79 Å². The van der Waals surface area contributed by atoms with Gasteiger partial charge < -0.3 is 10.6 Å². The minimum Gasteiger partial charge on any atom is -0.308 e. The maximum Gasteiger partial charge on any atom is 0.323 e. The lowest BCUT2D eigenvalue weighted by Crippen LogP contribution is -2.20. The van der Waals surface area contributed by atoms with E-state index in [1.807, 2.05) is 54.8 Å². The Kier molecular flexibility index (Phi) is 5.69. The molecule has 0 atom stereocenters. The van der Waals surface area contributed by atoms with Crippen LogP contribution in [0.1, 0.15) is 18.9 Å². The van der Waals surface area contributed by atoms with Crippen molar-refractivity contribution >= 4 is 29.2 Å². The van der Waals surface area contributed by atoms with Gasteiger partial charge in [0.2, 0.25) is 0 Å². The van der Waals surface area contributed by atoms with Crippen LogP contribution in [0.5, 0.6) is 0 Å². The highest BCUT2D eigenvalue weighted by atomic mass is 32.2. The Morgan fingerprint density at radius 1 is 1.10 bits per heavy atom. The Labute approximate surface area is 130 Å². The highest BCUT2D eigenvalue weighted by Crippen LogP contribution is 2.20. The molecule has 0 aliphatic heterocycles. The van der Waals surface area contributed by atoms with E-state index in [-0.39, 0.29) is 6.03 Å². The number of nitrogens with one attached hydrogen (secondary N) is 2. The molecule has 0 fully saturated rings. The third-order valence-electron chi connectivity index (χ3n) is 3.11. The van der Waals surface area contributed by atoms with Crippen LogP contribution in [0, 0.1) is 0 Å². The second-order valence-electron chi connectivity index (χ2n) is 4.72. The van der Waals surface area contributed by atoms with E-state index in [9.17, 15) is 4.79 Å². The zero-order valence-electron chi connectivity index (χ0n) is 12.3. The van der Waals surface area contributed by atoms with Crippen LogP contribution in [0.2, 0.25) is 0 Å². The van der Waals surface area contributed by atoms with Crippen LogP contribution in [0.4, 0.5) is 16.2 Å². The van der Waals surface area contributed by atoms with Gasteiger partial charge in [-0.2, -0.15) is 0 Å². The topological polar surface area (TPSA) is 41.1 Å². The smallest absolute Gasteiger partial charge is 0.308 e. The first-order chi connectivity index (χ1) is 10.2. The molecule has 0 unspecified atom stereocenters. The molecule has 2 aromatic carbocycles. The zero-order valence-corrected chi connectivity index (χ0v) is 13.2. The van der Waals surface area contributed by atoms with Crippen molar-refractivity contribution < 1.29 is 4.79 Å². The minimum absolute atomic E-state index is 0.211. The Morgan fingerprint density at radius 3 is 2.67 bits per heavy atom. The standard InChI is InChI=1S/C17H20N2OS/c1-3-7-13-8-4-5-11-16(13)19-17(20)18-14-9-6-10-15(12-14)21-2/h4-6,8-12H,3,7H2,1-2H3,(H2,18,19,20). The molecule has 0 aliphatic rings. The molecule has 21 heavy (non-hydrogen) atoms. The van der Waals surface area contributed by atoms with E-state index in [4.69, 9.17) is 0 Å². The third-order valence-corrected chi connectivity index (χ3v) is 3.84. The van der Waals surface area contributed by atoms with Crippen LogP contribution in [-0.4, -0.2) is 12.3 Å². The van der Waals surface area contributed by atoms with Crippen LogP contribution in [0.15, 0.2) is 53.4 Å². The second kappa shape index (κ2) is 7.74. The van der Waals surface area contributed by atoms with E-state index in [1.54, 1.807) is 11.8 Å². The summed E-state index contributed by atoms with van der Waals surface area (Å²) in [5.41, 5.74) is 2.83. The first-order valence-corrected chi connectivity index (χ1v) is 8.25. The number of carbonyl (C=O) groups is 1. The van der Waals surface area contributed by atoms with Crippen LogP contribution >= 0.6 is 11.8 Å². The largest absolute Gasteiger partial charge is 0.323 e. The van der Waals surface area contributed by atoms with Gasteiger partial charge in [-0.15, -0.1) is 11.8 Å². The SMILES string of the molecule is CCCc1ccccc1NC(=O)Nc1cccc(SC)c1. The zero-order chi connectivity index (χ0) is 15.1. The predicted octanol–water partition coefficient (Wildman–Crippen LogP) is 5.01. The van der Waals surface area contributed by atoms with Gasteiger partial charge in [0.25, 0.3) is 0 Å². The van der Waals surface area contributed by atoms with Crippen LogP contribution in [0.3, 0.4) is 0 Å². The molecule has 2 N–H and O–H groups in total. The van der Waals surface area contributed by atoms with Crippen molar-refractivity contribution in [3.8, 4) is 0 Å². The number of amides is 2. The summed E-state index contributed by atoms with van der Waals surface area (Å²) in [5.74, 6) is 0. The number of carbonyl (C=O) groups excluding carboxylic acids is 1. The molecule has 0 saturated carbocycles. The van der Waals surface area contributed by atoms with Gasteiger partial charge in [0.05, 0.1) is 0 Å². The monoisotopic (exact) mass is 300 g/mol. The van der Waals surface area contributed by atoms with Gasteiger partial charge in [0.1, 0.15) is 0 Å². The number of hydrogen-bond acceptors (Lipinski definition) is 2. The molecule has 0 aromatic heterocycles. The summed E-state index contributed by atoms with van der Waals surface area (Å²) in [6, 6.07) is 15.5. The van der Waals surface area contributed by atoms with Gasteiger partial charge in [-0.05, 0) is 42.5 Å². The fourth-order valence-electron chi connectivity index (χ4n) is 2.12. The summed E-state index contributed by atoms with van der Waals surface area (Å²) < 4.78 is 0. The second-order valence-corrected chi connectivity index (χ2v) is 5.60. The summed E-state index contributed by atoms with van der Waals surface area (Å²) in [6.45, 7) is 2.13. The average molecular weight is 300 g/mol. The van der Waals surface area contributed by atoms with E-state index in [2.05, 4.69) is 17.6 Å². The Balaban J connectivity index is 2.04. The Bertz CT molecular complexity index is 613. The van der Waals surface area contributed by atoms with E-state index in [0.29, 0.717) is 0 Å². The third kappa shape index (κ3) is 4.53. The van der Waals surface area contributed by atoms with Gasteiger partial charge in [0, 0.05) is 16.3 Å². The van der Waals surface area contributed by atoms with Gasteiger partial charge in [-0.3, -0.25) is 0 Å². The molecule has 0 saturated heterocycles. The summed E-state index contributed by atoms with van der Waals surface area (Å²) in [6.07, 6.45) is 4.02. The van der Waals surface area contributed by atoms with Crippen LogP contribution in [-0.2, 0) is 6.42 Å². The Hall–Kier alpha value is -1.94. The fraction of sp³-hybridized carbons (Fsp3) is 0.235. The maximum atomic E-state index is 12.1. The van der Waals surface area contributed by atoms with E-state index >= 15 is 0 Å². The van der Waals surface area contributed by atoms with Gasteiger partial charge in [0.15, 0.2) is 0 Å². The van der Waals surface area contributed by atoms with E-state index < -0.39 is 0 Å². The van der Waals surface area contributed by atoms with Crippen molar-refractivity contribution in [2.45, 2.75) is 24.7 Å². The van der Waals surface area contributed by atoms with Crippen LogP contribution in [0.25, 0.3) is 0 Å². The molecule has 2 aromatic rings. The number of anilines is 2. The molecule has 0 heterocycles. The highest BCUT2D eigenvalue weighted by molar-refractivity contribution is 7.98. The molecule has 2 amide bonds. The van der Waals surface area contributed by atoms with E-state index in [1.165, 1.54) is 0 Å². The number of aryl methyl sites for hydroxylation is 1. The molecule has 110 valence electrons. The maximum absolute atomic E-state index is 12.1. The van der Waals surface area contributed by atoms with Crippen molar-refractivity contribution in [2.24, 2.45) is 0 Å². The number of rotatable bonds is 5. The van der Waals surface area contributed by atoms with Crippen molar-refractivity contribution in [1.29, 1.82) is 0 Å². The van der Waals surface area contributed by atoms with Crippen molar-refractivity contribution in [3.05, 3.63) is 54.1 Å². The lowest BCUT2D eigenvalue weighted by Gasteiger charge is -2.12. The van der Waals surface area contributed by atoms with Crippen molar-refractivity contribution in [1.82, 2.24) is 0 Å². The number of hydrogen-bond donors (Lipinski definition) is 2. The molecule has 2 rings (SSSR count). The predicted molar refractivity (Wildman–Crippen MR) is 91.3 cm³/mol. The quantitative estimate of drug-likeness (QED) is 0.762. The summed E-state index contributed by atoms with van der Waals surface area (Å²) in [5, 5.41) is 5.80. The molecule has 4 heteroatoms. The van der Waals surface area contributed by atoms with Crippen molar-refractivity contribution in [2.75, 3.05) is 16.9 Å². The molecule has 0 radical (unpaired) electrons. The van der Waals surface area contributed by atoms with Crippen molar-refractivity contribution in [3.63, 3.8) is 0 Å².